The van der Waals surface area contributed by atoms with Gasteiger partial charge in [-0.25, -0.2) is 4.79 Å². The summed E-state index contributed by atoms with van der Waals surface area (Å²) in [5.74, 6) is -0.385. The van der Waals surface area contributed by atoms with Crippen LogP contribution in [0.25, 0.3) is 0 Å². The van der Waals surface area contributed by atoms with E-state index >= 15 is 0 Å². The van der Waals surface area contributed by atoms with Gasteiger partial charge in [0.05, 0.1) is 10.6 Å². The van der Waals surface area contributed by atoms with E-state index in [1.807, 2.05) is 0 Å². The second kappa shape index (κ2) is 4.89. The number of rotatable bonds is 2. The third-order valence-electron chi connectivity index (χ3n) is 2.13. The van der Waals surface area contributed by atoms with Gasteiger partial charge in [-0.2, -0.15) is 0 Å². The third-order valence-corrected chi connectivity index (χ3v) is 2.44. The van der Waals surface area contributed by atoms with E-state index in [-0.39, 0.29) is 16.5 Å². The number of phenolic OH excluding ortho intramolecular Hbond substituents is 1. The van der Waals surface area contributed by atoms with E-state index in [0.29, 0.717) is 5.56 Å². The standard InChI is InChI=1S/C13H9ClO3/c14-11-7-6-10(15)8-12(11)17-13(16)9-4-2-1-3-5-9/h1-8,15H. The molecule has 0 spiro atoms. The summed E-state index contributed by atoms with van der Waals surface area (Å²) in [5.41, 5.74) is 0.423. The first-order chi connectivity index (χ1) is 8.16. The maximum atomic E-state index is 11.7. The molecule has 4 heteroatoms. The minimum Gasteiger partial charge on any atom is -0.508 e. The van der Waals surface area contributed by atoms with Crippen molar-refractivity contribution < 1.29 is 14.6 Å². The van der Waals surface area contributed by atoms with Gasteiger partial charge in [0.15, 0.2) is 5.75 Å². The molecular weight excluding hydrogens is 240 g/mol. The van der Waals surface area contributed by atoms with Crippen LogP contribution in [0.3, 0.4) is 0 Å². The molecule has 0 atom stereocenters. The Labute approximate surface area is 103 Å². The van der Waals surface area contributed by atoms with Crippen LogP contribution in [-0.4, -0.2) is 11.1 Å². The Balaban J connectivity index is 2.22. The number of esters is 1. The van der Waals surface area contributed by atoms with E-state index in [1.165, 1.54) is 18.2 Å². The van der Waals surface area contributed by atoms with E-state index in [9.17, 15) is 9.90 Å². The minimum atomic E-state index is -0.516. The summed E-state index contributed by atoms with van der Waals surface area (Å²) in [7, 11) is 0. The van der Waals surface area contributed by atoms with Crippen molar-refractivity contribution in [3.63, 3.8) is 0 Å². The van der Waals surface area contributed by atoms with E-state index in [0.717, 1.165) is 0 Å². The molecule has 0 amide bonds. The largest absolute Gasteiger partial charge is 0.508 e. The van der Waals surface area contributed by atoms with Gasteiger partial charge in [-0.05, 0) is 24.3 Å². The molecule has 2 aromatic rings. The van der Waals surface area contributed by atoms with Crippen molar-refractivity contribution in [2.45, 2.75) is 0 Å². The molecule has 0 saturated heterocycles. The number of halogens is 1. The lowest BCUT2D eigenvalue weighted by Gasteiger charge is -2.06. The lowest BCUT2D eigenvalue weighted by molar-refractivity contribution is 0.0734. The summed E-state index contributed by atoms with van der Waals surface area (Å²) >= 11 is 5.84. The first-order valence-corrected chi connectivity index (χ1v) is 5.30. The summed E-state index contributed by atoms with van der Waals surface area (Å²) in [5, 5.41) is 9.54. The van der Waals surface area contributed by atoms with Crippen LogP contribution in [0.15, 0.2) is 48.5 Å². The highest BCUT2D eigenvalue weighted by molar-refractivity contribution is 6.32. The van der Waals surface area contributed by atoms with E-state index in [4.69, 9.17) is 16.3 Å². The monoisotopic (exact) mass is 248 g/mol. The highest BCUT2D eigenvalue weighted by atomic mass is 35.5. The van der Waals surface area contributed by atoms with Crippen LogP contribution >= 0.6 is 11.6 Å². The van der Waals surface area contributed by atoms with Crippen molar-refractivity contribution in [1.29, 1.82) is 0 Å². The van der Waals surface area contributed by atoms with Gasteiger partial charge in [-0.3, -0.25) is 0 Å². The number of hydrogen-bond acceptors (Lipinski definition) is 3. The summed E-state index contributed by atoms with van der Waals surface area (Å²) in [4.78, 5) is 11.7. The van der Waals surface area contributed by atoms with Gasteiger partial charge in [0.25, 0.3) is 0 Å². The van der Waals surface area contributed by atoms with Crippen LogP contribution in [0.2, 0.25) is 5.02 Å². The van der Waals surface area contributed by atoms with E-state index in [1.54, 1.807) is 30.3 Å². The number of aromatic hydroxyl groups is 1. The van der Waals surface area contributed by atoms with Crippen LogP contribution in [0, 0.1) is 0 Å². The zero-order chi connectivity index (χ0) is 12.3. The molecule has 3 nitrogen and oxygen atoms in total. The normalized spacial score (nSPS) is 9.94. The minimum absolute atomic E-state index is 0.00902. The number of benzene rings is 2. The number of ether oxygens (including phenoxy) is 1. The average molecular weight is 249 g/mol. The lowest BCUT2D eigenvalue weighted by atomic mass is 10.2. The molecule has 0 saturated carbocycles. The average Bonchev–Trinajstić information content (AvgIpc) is 2.35. The zero-order valence-electron chi connectivity index (χ0n) is 8.76. The van der Waals surface area contributed by atoms with Gasteiger partial charge in [-0.15, -0.1) is 0 Å². The Morgan fingerprint density at radius 2 is 1.82 bits per heavy atom. The van der Waals surface area contributed by atoms with Crippen molar-refractivity contribution in [1.82, 2.24) is 0 Å². The molecule has 1 N–H and O–H groups in total. The van der Waals surface area contributed by atoms with Crippen LogP contribution in [-0.2, 0) is 0 Å². The van der Waals surface area contributed by atoms with Gasteiger partial charge in [0.1, 0.15) is 5.75 Å². The van der Waals surface area contributed by atoms with Crippen LogP contribution in [0.5, 0.6) is 11.5 Å². The van der Waals surface area contributed by atoms with E-state index in [2.05, 4.69) is 0 Å². The summed E-state index contributed by atoms with van der Waals surface area (Å²) < 4.78 is 5.08. The van der Waals surface area contributed by atoms with Crippen molar-refractivity contribution in [2.24, 2.45) is 0 Å². The van der Waals surface area contributed by atoms with Crippen LogP contribution in [0.4, 0.5) is 0 Å². The van der Waals surface area contributed by atoms with Crippen molar-refractivity contribution in [2.75, 3.05) is 0 Å². The zero-order valence-corrected chi connectivity index (χ0v) is 9.52. The maximum absolute atomic E-state index is 11.7. The summed E-state index contributed by atoms with van der Waals surface area (Å²) in [6.45, 7) is 0. The Hall–Kier alpha value is -2.00. The quantitative estimate of drug-likeness (QED) is 0.655. The lowest BCUT2D eigenvalue weighted by Crippen LogP contribution is -2.08. The molecule has 0 aliphatic carbocycles. The van der Waals surface area contributed by atoms with Crippen LogP contribution < -0.4 is 4.74 Å². The molecule has 0 aliphatic heterocycles. The smallest absolute Gasteiger partial charge is 0.343 e. The molecule has 0 aliphatic rings. The second-order valence-corrected chi connectivity index (χ2v) is 3.78. The molecule has 0 aromatic heterocycles. The fourth-order valence-corrected chi connectivity index (χ4v) is 1.46. The maximum Gasteiger partial charge on any atom is 0.343 e. The number of carbonyl (C=O) groups is 1. The molecular formula is C13H9ClO3. The van der Waals surface area contributed by atoms with Gasteiger partial charge >= 0.3 is 5.97 Å². The Morgan fingerprint density at radius 1 is 1.12 bits per heavy atom. The van der Waals surface area contributed by atoms with Gasteiger partial charge in [0, 0.05) is 6.07 Å². The molecule has 2 rings (SSSR count). The molecule has 0 fully saturated rings. The van der Waals surface area contributed by atoms with Gasteiger partial charge in [0.2, 0.25) is 0 Å². The Bertz CT molecular complexity index is 538. The predicted octanol–water partition coefficient (Wildman–Crippen LogP) is 3.26. The SMILES string of the molecule is O=C(Oc1cc(O)ccc1Cl)c1ccccc1. The molecule has 2 aromatic carbocycles. The fourth-order valence-electron chi connectivity index (χ4n) is 1.30. The first-order valence-electron chi connectivity index (χ1n) is 4.92. The molecule has 0 unspecified atom stereocenters. The fraction of sp³-hybridized carbons (Fsp3) is 0. The number of hydrogen-bond donors (Lipinski definition) is 1. The van der Waals surface area contributed by atoms with Crippen molar-refractivity contribution >= 4 is 17.6 Å². The Kier molecular flexibility index (Phi) is 3.30. The highest BCUT2D eigenvalue weighted by Gasteiger charge is 2.10. The first kappa shape index (κ1) is 11.5. The molecule has 0 radical (unpaired) electrons. The van der Waals surface area contributed by atoms with Gasteiger partial charge in [-0.1, -0.05) is 29.8 Å². The highest BCUT2D eigenvalue weighted by Crippen LogP contribution is 2.28. The molecule has 0 bridgehead atoms. The molecule has 86 valence electrons. The number of phenols is 1. The van der Waals surface area contributed by atoms with Gasteiger partial charge < -0.3 is 9.84 Å². The van der Waals surface area contributed by atoms with Crippen molar-refractivity contribution in [3.8, 4) is 11.5 Å². The number of carbonyl (C=O) groups excluding carboxylic acids is 1. The summed E-state index contributed by atoms with van der Waals surface area (Å²) in [6.07, 6.45) is 0. The second-order valence-electron chi connectivity index (χ2n) is 3.37. The topological polar surface area (TPSA) is 46.5 Å². The molecule has 17 heavy (non-hydrogen) atoms. The molecule has 0 heterocycles. The predicted molar refractivity (Wildman–Crippen MR) is 64.5 cm³/mol. The third kappa shape index (κ3) is 2.77. The van der Waals surface area contributed by atoms with Crippen molar-refractivity contribution in [3.05, 3.63) is 59.1 Å². The van der Waals surface area contributed by atoms with Crippen LogP contribution in [0.1, 0.15) is 10.4 Å². The summed E-state index contributed by atoms with van der Waals surface area (Å²) in [6, 6.07) is 12.7. The Morgan fingerprint density at radius 3 is 2.53 bits per heavy atom. The van der Waals surface area contributed by atoms with E-state index < -0.39 is 5.97 Å².